The van der Waals surface area contributed by atoms with Crippen molar-refractivity contribution in [2.24, 2.45) is 0 Å². The average molecular weight is 659 g/mol. The van der Waals surface area contributed by atoms with Crippen LogP contribution in [0.15, 0.2) is 102 Å². The van der Waals surface area contributed by atoms with E-state index < -0.39 is 22.9 Å². The van der Waals surface area contributed by atoms with E-state index in [-0.39, 0.29) is 22.2 Å². The molecule has 0 aliphatic heterocycles. The van der Waals surface area contributed by atoms with Crippen molar-refractivity contribution in [1.29, 1.82) is 0 Å². The number of amides is 3. The minimum atomic E-state index is -0.684. The molecule has 0 radical (unpaired) electrons. The van der Waals surface area contributed by atoms with Gasteiger partial charge in [0.05, 0.1) is 20.5 Å². The summed E-state index contributed by atoms with van der Waals surface area (Å²) in [5.41, 5.74) is 2.44. The summed E-state index contributed by atoms with van der Waals surface area (Å²) in [6.07, 6.45) is 1.76. The molecule has 4 aromatic carbocycles. The lowest BCUT2D eigenvalue weighted by atomic mass is 10.1. The predicted molar refractivity (Wildman–Crippen MR) is 181 cm³/mol. The summed E-state index contributed by atoms with van der Waals surface area (Å²) in [6.45, 7) is 3.93. The molecule has 1 unspecified atom stereocenters. The molecule has 3 amide bonds. The van der Waals surface area contributed by atoms with Crippen LogP contribution in [0.2, 0.25) is 5.02 Å². The number of halogens is 2. The molecule has 11 heteroatoms. The van der Waals surface area contributed by atoms with Gasteiger partial charge in [0, 0.05) is 21.7 Å². The predicted octanol–water partition coefficient (Wildman–Crippen LogP) is 8.32. The van der Waals surface area contributed by atoms with Gasteiger partial charge >= 0.3 is 0 Å². The molecule has 0 spiro atoms. The Balaban J connectivity index is 1.32. The molecule has 1 atom stereocenters. The Hall–Kier alpha value is -4.51. The van der Waals surface area contributed by atoms with Crippen molar-refractivity contribution in [3.63, 3.8) is 0 Å². The lowest BCUT2D eigenvalue weighted by Crippen LogP contribution is -2.30. The molecule has 3 N–H and O–H groups in total. The van der Waals surface area contributed by atoms with Gasteiger partial charge in [0.25, 0.3) is 11.8 Å². The van der Waals surface area contributed by atoms with Gasteiger partial charge in [-0.1, -0.05) is 66.3 Å². The Kier molecular flexibility index (Phi) is 10.3. The number of carbonyl (C=O) groups excluding carboxylic acids is 3. The summed E-state index contributed by atoms with van der Waals surface area (Å²) in [4.78, 5) is 44.8. The van der Waals surface area contributed by atoms with Gasteiger partial charge in [0.15, 0.2) is 5.13 Å². The van der Waals surface area contributed by atoms with Gasteiger partial charge < -0.3 is 16.0 Å². The largest absolute Gasteiger partial charge is 0.321 e. The van der Waals surface area contributed by atoms with Crippen LogP contribution in [0.3, 0.4) is 0 Å². The fourth-order valence-corrected chi connectivity index (χ4v) is 6.54. The highest BCUT2D eigenvalue weighted by molar-refractivity contribution is 8.00. The monoisotopic (exact) mass is 658 g/mol. The molecular weight excluding hydrogens is 631 g/mol. The van der Waals surface area contributed by atoms with Crippen LogP contribution in [0.4, 0.5) is 15.2 Å². The molecule has 228 valence electrons. The minimum absolute atomic E-state index is 0.0398. The molecule has 0 saturated carbocycles. The fourth-order valence-electron chi connectivity index (χ4n) is 4.34. The van der Waals surface area contributed by atoms with Crippen molar-refractivity contribution in [2.75, 3.05) is 10.6 Å². The van der Waals surface area contributed by atoms with Crippen molar-refractivity contribution in [1.82, 2.24) is 10.3 Å². The third-order valence-electron chi connectivity index (χ3n) is 6.62. The number of thiazole rings is 1. The number of thioether (sulfide) groups is 1. The molecule has 45 heavy (non-hydrogen) atoms. The van der Waals surface area contributed by atoms with Crippen LogP contribution < -0.4 is 16.0 Å². The number of aromatic nitrogens is 1. The smallest absolute Gasteiger partial charge is 0.272 e. The number of aryl methyl sites for hydroxylation is 1. The summed E-state index contributed by atoms with van der Waals surface area (Å²) in [5, 5.41) is 8.48. The van der Waals surface area contributed by atoms with Crippen LogP contribution in [0.1, 0.15) is 34.8 Å². The number of anilines is 2. The third kappa shape index (κ3) is 8.16. The highest BCUT2D eigenvalue weighted by Crippen LogP contribution is 2.31. The first-order valence-corrected chi connectivity index (χ1v) is 16.1. The zero-order chi connectivity index (χ0) is 31.9. The van der Waals surface area contributed by atoms with Gasteiger partial charge in [-0.15, -0.1) is 11.8 Å². The zero-order valence-corrected chi connectivity index (χ0v) is 26.7. The number of rotatable bonds is 10. The van der Waals surface area contributed by atoms with E-state index >= 15 is 0 Å². The summed E-state index contributed by atoms with van der Waals surface area (Å²) in [7, 11) is 0. The Morgan fingerprint density at radius 2 is 1.76 bits per heavy atom. The maximum atomic E-state index is 14.6. The SMILES string of the molecule is CCC(Sc1cccc(NC(=O)/C(=C\c2c(F)cccc2Cl)NC(=O)c2ccccc2)c1)C(=O)Nc1nc2ccc(C)cc2s1. The Bertz CT molecular complexity index is 1890. The van der Waals surface area contributed by atoms with Crippen molar-refractivity contribution >= 4 is 79.5 Å². The van der Waals surface area contributed by atoms with E-state index in [1.165, 1.54) is 47.4 Å². The summed E-state index contributed by atoms with van der Waals surface area (Å²) < 4.78 is 15.6. The maximum absolute atomic E-state index is 14.6. The van der Waals surface area contributed by atoms with Gasteiger partial charge in [-0.3, -0.25) is 14.4 Å². The molecule has 1 aromatic heterocycles. The van der Waals surface area contributed by atoms with Crippen LogP contribution in [-0.4, -0.2) is 28.0 Å². The average Bonchev–Trinajstić information content (AvgIpc) is 3.42. The topological polar surface area (TPSA) is 100 Å². The summed E-state index contributed by atoms with van der Waals surface area (Å²) in [6, 6.07) is 25.4. The molecule has 0 saturated heterocycles. The van der Waals surface area contributed by atoms with E-state index in [1.54, 1.807) is 48.5 Å². The van der Waals surface area contributed by atoms with Crippen LogP contribution in [0.25, 0.3) is 16.3 Å². The lowest BCUT2D eigenvalue weighted by molar-refractivity contribution is -0.116. The fraction of sp³-hybridized carbons (Fsp3) is 0.118. The van der Waals surface area contributed by atoms with Crippen LogP contribution in [-0.2, 0) is 9.59 Å². The van der Waals surface area contributed by atoms with Crippen molar-refractivity contribution in [3.05, 3.63) is 124 Å². The number of fused-ring (bicyclic) bond motifs is 1. The van der Waals surface area contributed by atoms with Crippen LogP contribution in [0.5, 0.6) is 0 Å². The zero-order valence-electron chi connectivity index (χ0n) is 24.3. The van der Waals surface area contributed by atoms with Gasteiger partial charge in [0.1, 0.15) is 11.5 Å². The molecule has 7 nitrogen and oxygen atoms in total. The quantitative estimate of drug-likeness (QED) is 0.104. The molecule has 0 bridgehead atoms. The lowest BCUT2D eigenvalue weighted by Gasteiger charge is -2.15. The van der Waals surface area contributed by atoms with Gasteiger partial charge in [-0.25, -0.2) is 9.37 Å². The second-order valence-electron chi connectivity index (χ2n) is 9.99. The number of nitrogens with zero attached hydrogens (tertiary/aromatic N) is 1. The third-order valence-corrected chi connectivity index (χ3v) is 9.25. The van der Waals surface area contributed by atoms with Crippen molar-refractivity contribution in [3.8, 4) is 0 Å². The van der Waals surface area contributed by atoms with E-state index in [2.05, 4.69) is 20.9 Å². The second-order valence-corrected chi connectivity index (χ2v) is 12.7. The van der Waals surface area contributed by atoms with E-state index in [4.69, 9.17) is 11.6 Å². The highest BCUT2D eigenvalue weighted by atomic mass is 35.5. The van der Waals surface area contributed by atoms with Gasteiger partial charge in [-0.2, -0.15) is 0 Å². The molecule has 1 heterocycles. The van der Waals surface area contributed by atoms with Crippen molar-refractivity contribution < 1.29 is 18.8 Å². The number of benzene rings is 4. The minimum Gasteiger partial charge on any atom is -0.321 e. The molecule has 5 aromatic rings. The first-order valence-electron chi connectivity index (χ1n) is 14.0. The summed E-state index contributed by atoms with van der Waals surface area (Å²) >= 11 is 8.99. The Morgan fingerprint density at radius 1 is 0.978 bits per heavy atom. The Labute approximate surface area is 272 Å². The van der Waals surface area contributed by atoms with Gasteiger partial charge in [0.2, 0.25) is 5.91 Å². The molecule has 0 fully saturated rings. The van der Waals surface area contributed by atoms with E-state index in [0.29, 0.717) is 22.8 Å². The first-order chi connectivity index (χ1) is 21.7. The molecule has 5 rings (SSSR count). The standard InChI is InChI=1S/C34H28ClFN4O3S2/c1-3-29(33(43)40-34-39-27-16-15-20(2)17-30(27)45-34)44-23-12-7-11-22(18-23)37-32(42)28(19-24-25(35)13-8-14-26(24)36)38-31(41)21-9-5-4-6-10-21/h4-19,29H,3H2,1-2H3,(H,37,42)(H,38,41)(H,39,40,43)/b28-19+. The Morgan fingerprint density at radius 3 is 2.51 bits per heavy atom. The van der Waals surface area contributed by atoms with E-state index in [0.717, 1.165) is 20.7 Å². The maximum Gasteiger partial charge on any atom is 0.272 e. The van der Waals surface area contributed by atoms with Crippen LogP contribution >= 0.6 is 34.7 Å². The van der Waals surface area contributed by atoms with Crippen molar-refractivity contribution in [2.45, 2.75) is 30.4 Å². The van der Waals surface area contributed by atoms with Crippen LogP contribution in [0, 0.1) is 12.7 Å². The first kappa shape index (κ1) is 31.9. The van der Waals surface area contributed by atoms with E-state index in [1.807, 2.05) is 38.1 Å². The normalized spacial score (nSPS) is 12.0. The van der Waals surface area contributed by atoms with E-state index in [9.17, 15) is 18.8 Å². The summed E-state index contributed by atoms with van der Waals surface area (Å²) in [5.74, 6) is -2.06. The molecular formula is C34H28ClFN4O3S2. The molecule has 0 aliphatic rings. The number of carbonyl (C=O) groups is 3. The number of hydrogen-bond acceptors (Lipinski definition) is 6. The number of hydrogen-bond donors (Lipinski definition) is 3. The highest BCUT2D eigenvalue weighted by Gasteiger charge is 2.21. The van der Waals surface area contributed by atoms with Gasteiger partial charge in [-0.05, 0) is 79.6 Å². The second kappa shape index (κ2) is 14.5. The number of nitrogens with one attached hydrogen (secondary N) is 3. The molecule has 0 aliphatic carbocycles.